The van der Waals surface area contributed by atoms with E-state index in [0.29, 0.717) is 0 Å². The van der Waals surface area contributed by atoms with Crippen molar-refractivity contribution >= 4 is 79.4 Å². The third-order valence-electron chi connectivity index (χ3n) is 1.01. The molecule has 21 nitrogen and oxygen atoms in total. The van der Waals surface area contributed by atoms with Crippen LogP contribution < -0.4 is 23.9 Å². The minimum atomic E-state index is -2.42. The first-order valence-electron chi connectivity index (χ1n) is 7.18. The van der Waals surface area contributed by atoms with Crippen LogP contribution in [0.4, 0.5) is 26.3 Å². The van der Waals surface area contributed by atoms with Crippen LogP contribution in [0.1, 0.15) is 0 Å². The van der Waals surface area contributed by atoms with Crippen LogP contribution in [0.3, 0.4) is 0 Å². The third kappa shape index (κ3) is 106. The normalized spacial score (nSPS) is 7.24. The van der Waals surface area contributed by atoms with Crippen molar-refractivity contribution in [2.45, 2.75) is 0 Å². The number of halogens is 6. The Morgan fingerprint density at radius 3 is 0.390 bits per heavy atom. The zero-order valence-electron chi connectivity index (χ0n) is 18.7. The van der Waals surface area contributed by atoms with Crippen LogP contribution >= 0.6 is 0 Å². The molecule has 0 atom stereocenters. The number of hydrogen-bond acceptors (Lipinski definition) is 15. The Balaban J connectivity index is -0.0000000516. The first kappa shape index (κ1) is 56.2. The van der Waals surface area contributed by atoms with Crippen LogP contribution in [0.2, 0.25) is 0 Å². The van der Waals surface area contributed by atoms with E-state index in [1.165, 1.54) is 0 Å². The van der Waals surface area contributed by atoms with Gasteiger partial charge in [-0.3, -0.25) is 0 Å². The molecule has 29 heteroatoms. The molecule has 0 radical (unpaired) electrons. The van der Waals surface area contributed by atoms with Gasteiger partial charge >= 0.3 is 98.2 Å². The van der Waals surface area contributed by atoms with Gasteiger partial charge in [-0.15, -0.1) is 0 Å². The summed E-state index contributed by atoms with van der Waals surface area (Å²) in [5, 5.41) is 66.3. The molecule has 0 aromatic heterocycles. The van der Waals surface area contributed by atoms with E-state index < -0.39 is 79.4 Å². The topological polar surface area (TPSA) is 390 Å². The fraction of sp³-hybridized carbons (Fsp3) is 0. The zero-order chi connectivity index (χ0) is 34.5. The van der Waals surface area contributed by atoms with E-state index in [-0.39, 0.29) is 18.9 Å². The molecule has 0 fully saturated rings. The summed E-state index contributed by atoms with van der Waals surface area (Å²) in [4.78, 5) is 107. The van der Waals surface area contributed by atoms with E-state index in [4.69, 9.17) is 103 Å². The minimum absolute atomic E-state index is 0. The van der Waals surface area contributed by atoms with Crippen LogP contribution in [0.15, 0.2) is 0 Å². The van der Waals surface area contributed by atoms with Gasteiger partial charge in [0.25, 0.3) is 0 Å². The summed E-state index contributed by atoms with van der Waals surface area (Å²) in [5.41, 5.74) is 0. The van der Waals surface area contributed by atoms with Gasteiger partial charge in [0.2, 0.25) is 0 Å². The van der Waals surface area contributed by atoms with Crippen LogP contribution in [-0.4, -0.2) is 120 Å². The van der Waals surface area contributed by atoms with Crippen LogP contribution in [-0.2, 0) is 57.5 Å². The van der Waals surface area contributed by atoms with E-state index in [1.807, 2.05) is 0 Å². The Bertz CT molecular complexity index is 692. The average Bonchev–Trinajstić information content (AvgIpc) is 2.75. The van der Waals surface area contributed by atoms with Gasteiger partial charge in [-0.1, -0.05) is 0 Å². The molecule has 0 unspecified atom stereocenters. The maximum atomic E-state index is 10.6. The quantitative estimate of drug-likeness (QED) is 0.0591. The Morgan fingerprint density at radius 1 is 0.366 bits per heavy atom. The predicted octanol–water partition coefficient (Wildman–Crippen LogP) is -8.28. The zero-order valence-corrected chi connectivity index (χ0v) is 18.7. The molecular formula is C12H8BF6LiO21. The van der Waals surface area contributed by atoms with Crippen molar-refractivity contribution in [1.82, 2.24) is 0 Å². The third-order valence-corrected chi connectivity index (χ3v) is 1.01. The van der Waals surface area contributed by atoms with Gasteiger partial charge in [-0.05, 0) is 0 Å². The standard InChI is InChI=1S/6C2HFO3.BH2O3.Li/c6*3-1(4)2(5)6;2-1(3)4;/h6*(H,5,6);2-3H;/q;;;;;;-1;+1. The SMILES string of the molecule is O=C(O)C(=O)F.O=C(O)C(=O)F.O=C(O)C(=O)F.O=C(O)C(=O)F.O=C(O)C(=O)F.O=C(O)C(=O)F.[Li+].[O-]B(O)O. The van der Waals surface area contributed by atoms with Gasteiger partial charge in [-0.2, -0.15) is 26.3 Å². The predicted molar refractivity (Wildman–Crippen MR) is 92.7 cm³/mol. The van der Waals surface area contributed by atoms with Crippen molar-refractivity contribution < 1.29 is 148 Å². The molecule has 0 rings (SSSR count). The summed E-state index contributed by atoms with van der Waals surface area (Å²) in [7, 11) is -2.42. The molecule has 0 bridgehead atoms. The van der Waals surface area contributed by atoms with Crippen LogP contribution in [0, 0.1) is 0 Å². The van der Waals surface area contributed by atoms with Gasteiger partial charge in [0.15, 0.2) is 0 Å². The van der Waals surface area contributed by atoms with Crippen LogP contribution in [0.5, 0.6) is 0 Å². The Morgan fingerprint density at radius 2 is 0.390 bits per heavy atom. The van der Waals surface area contributed by atoms with Gasteiger partial charge in [-0.25, -0.2) is 57.5 Å². The minimum Gasteiger partial charge on any atom is -0.832 e. The number of carboxylic acids is 6. The number of carbonyl (C=O) groups is 12. The Labute approximate surface area is 228 Å². The van der Waals surface area contributed by atoms with Crippen molar-refractivity contribution in [3.63, 3.8) is 0 Å². The van der Waals surface area contributed by atoms with E-state index >= 15 is 0 Å². The Kier molecular flexibility index (Phi) is 47.9. The second-order valence-corrected chi connectivity index (χ2v) is 3.80. The molecule has 0 heterocycles. The summed E-state index contributed by atoms with van der Waals surface area (Å²) in [6.45, 7) is 0. The molecule has 0 aromatic carbocycles. The van der Waals surface area contributed by atoms with Gasteiger partial charge < -0.3 is 45.7 Å². The van der Waals surface area contributed by atoms with Crippen molar-refractivity contribution in [3.05, 3.63) is 0 Å². The molecule has 0 amide bonds. The van der Waals surface area contributed by atoms with Crippen molar-refractivity contribution in [1.29, 1.82) is 0 Å². The first-order valence-corrected chi connectivity index (χ1v) is 7.18. The molecule has 41 heavy (non-hydrogen) atoms. The molecule has 8 N–H and O–H groups in total. The second-order valence-electron chi connectivity index (χ2n) is 3.80. The maximum Gasteiger partial charge on any atom is 1.00 e. The molecule has 0 aliphatic heterocycles. The van der Waals surface area contributed by atoms with Gasteiger partial charge in [0, 0.05) is 0 Å². The second kappa shape index (κ2) is 35.0. The molecule has 0 saturated heterocycles. The van der Waals surface area contributed by atoms with E-state index in [2.05, 4.69) is 0 Å². The fourth-order valence-electron chi connectivity index (χ4n) is 0. The summed E-state index contributed by atoms with van der Waals surface area (Å²) in [6, 6.07) is -13.9. The van der Waals surface area contributed by atoms with Crippen molar-refractivity contribution in [3.8, 4) is 0 Å². The molecule has 228 valence electrons. The number of carbonyl (C=O) groups excluding carboxylic acids is 6. The largest absolute Gasteiger partial charge is 1.00 e. The van der Waals surface area contributed by atoms with Crippen LogP contribution in [0.25, 0.3) is 0 Å². The molecule has 0 aliphatic rings. The monoisotopic (exact) mass is 620 g/mol. The van der Waals surface area contributed by atoms with Gasteiger partial charge in [0.1, 0.15) is 0 Å². The number of carboxylic acid groups (broad SMARTS) is 6. The first-order chi connectivity index (χ1) is 17.6. The molecule has 0 spiro atoms. The number of aliphatic carboxylic acids is 6. The molecular weight excluding hydrogens is 612 g/mol. The summed E-state index contributed by atoms with van der Waals surface area (Å²) < 4.78 is 63.5. The molecule has 0 aliphatic carbocycles. The van der Waals surface area contributed by atoms with E-state index in [9.17, 15) is 26.3 Å². The fourth-order valence-corrected chi connectivity index (χ4v) is 0. The number of hydrogen-bond donors (Lipinski definition) is 8. The van der Waals surface area contributed by atoms with E-state index in [1.54, 1.807) is 0 Å². The Hall–Kier alpha value is -5.04. The number of rotatable bonds is 6. The summed E-state index contributed by atoms with van der Waals surface area (Å²) >= 11 is 0. The van der Waals surface area contributed by atoms with Crippen molar-refractivity contribution in [2.75, 3.05) is 0 Å². The average molecular weight is 620 g/mol. The van der Waals surface area contributed by atoms with Gasteiger partial charge in [0.05, 0.1) is 0 Å². The molecule has 0 aromatic rings. The maximum absolute atomic E-state index is 10.6. The summed E-state index contributed by atoms with van der Waals surface area (Å²) in [5.74, 6) is -12.3. The smallest absolute Gasteiger partial charge is 0.832 e. The summed E-state index contributed by atoms with van der Waals surface area (Å²) in [6.07, 6.45) is 0. The van der Waals surface area contributed by atoms with Crippen molar-refractivity contribution in [2.24, 2.45) is 0 Å². The van der Waals surface area contributed by atoms with E-state index in [0.717, 1.165) is 0 Å². The molecule has 0 saturated carbocycles.